The summed E-state index contributed by atoms with van der Waals surface area (Å²) in [4.78, 5) is 23.7. The van der Waals surface area contributed by atoms with Crippen LogP contribution in [0.25, 0.3) is 0 Å². The number of hydrogen-bond donors (Lipinski definition) is 1. The van der Waals surface area contributed by atoms with Crippen LogP contribution in [0.15, 0.2) is 60.2 Å². The topological polar surface area (TPSA) is 64.6 Å². The fourth-order valence-electron chi connectivity index (χ4n) is 1.93. The highest BCUT2D eigenvalue weighted by atomic mass is 16.5. The zero-order valence-corrected chi connectivity index (χ0v) is 13.8. The predicted octanol–water partition coefficient (Wildman–Crippen LogP) is 3.82. The lowest BCUT2D eigenvalue weighted by atomic mass is 10.2. The molecule has 0 radical (unpaired) electrons. The van der Waals surface area contributed by atoms with E-state index >= 15 is 0 Å². The number of ether oxygens (including phenoxy) is 2. The highest BCUT2D eigenvalue weighted by molar-refractivity contribution is 6.04. The van der Waals surface area contributed by atoms with Gasteiger partial charge in [-0.2, -0.15) is 0 Å². The fraction of sp³-hybridized carbons (Fsp3) is 0.158. The molecule has 0 unspecified atom stereocenters. The summed E-state index contributed by atoms with van der Waals surface area (Å²) in [5.74, 6) is 0.418. The lowest BCUT2D eigenvalue weighted by Crippen LogP contribution is -2.12. The Morgan fingerprint density at radius 3 is 2.04 bits per heavy atom. The van der Waals surface area contributed by atoms with Crippen molar-refractivity contribution in [3.8, 4) is 11.5 Å². The van der Waals surface area contributed by atoms with Crippen molar-refractivity contribution in [3.05, 3.63) is 65.7 Å². The molecule has 24 heavy (non-hydrogen) atoms. The smallest absolute Gasteiger partial charge is 0.336 e. The normalized spacial score (nSPS) is 9.79. The number of esters is 1. The van der Waals surface area contributed by atoms with E-state index in [-0.39, 0.29) is 5.91 Å². The van der Waals surface area contributed by atoms with E-state index in [0.29, 0.717) is 17.0 Å². The number of benzene rings is 2. The van der Waals surface area contributed by atoms with E-state index in [1.54, 1.807) is 55.6 Å². The van der Waals surface area contributed by atoms with Crippen LogP contribution >= 0.6 is 0 Å². The van der Waals surface area contributed by atoms with E-state index in [4.69, 9.17) is 9.47 Å². The first-order valence-electron chi connectivity index (χ1n) is 7.40. The van der Waals surface area contributed by atoms with Crippen LogP contribution in [-0.2, 0) is 4.79 Å². The van der Waals surface area contributed by atoms with Crippen molar-refractivity contribution in [1.82, 2.24) is 0 Å². The van der Waals surface area contributed by atoms with Gasteiger partial charge >= 0.3 is 5.97 Å². The maximum Gasteiger partial charge on any atom is 0.336 e. The lowest BCUT2D eigenvalue weighted by molar-refractivity contribution is -0.129. The van der Waals surface area contributed by atoms with Crippen LogP contribution in [0.2, 0.25) is 0 Å². The van der Waals surface area contributed by atoms with Crippen molar-refractivity contribution in [2.75, 3.05) is 12.4 Å². The zero-order valence-electron chi connectivity index (χ0n) is 13.8. The standard InChI is InChI=1S/C19H19NO4/c1-13(2)12-18(21)24-17-8-4-14(5-9-17)19(22)20-15-6-10-16(23-3)11-7-15/h4-12H,1-3H3,(H,20,22). The summed E-state index contributed by atoms with van der Waals surface area (Å²) in [6.45, 7) is 3.63. The van der Waals surface area contributed by atoms with Gasteiger partial charge in [-0.25, -0.2) is 4.79 Å². The van der Waals surface area contributed by atoms with Gasteiger partial charge in [0.1, 0.15) is 11.5 Å². The number of nitrogens with one attached hydrogen (secondary N) is 1. The Kier molecular flexibility index (Phi) is 5.73. The average molecular weight is 325 g/mol. The second-order valence-corrected chi connectivity index (χ2v) is 5.35. The SMILES string of the molecule is COc1ccc(NC(=O)c2ccc(OC(=O)C=C(C)C)cc2)cc1. The van der Waals surface area contributed by atoms with Crippen molar-refractivity contribution in [1.29, 1.82) is 0 Å². The van der Waals surface area contributed by atoms with E-state index in [1.165, 1.54) is 6.08 Å². The Balaban J connectivity index is 2.00. The Labute approximate surface area is 140 Å². The third-order valence-electron chi connectivity index (χ3n) is 3.09. The molecule has 0 bridgehead atoms. The van der Waals surface area contributed by atoms with Gasteiger partial charge in [-0.15, -0.1) is 0 Å². The summed E-state index contributed by atoms with van der Waals surface area (Å²) < 4.78 is 10.2. The van der Waals surface area contributed by atoms with Gasteiger partial charge in [0.25, 0.3) is 5.91 Å². The number of amides is 1. The summed E-state index contributed by atoms with van der Waals surface area (Å²) in [6.07, 6.45) is 1.41. The number of anilines is 1. The van der Waals surface area contributed by atoms with Gasteiger partial charge in [-0.1, -0.05) is 5.57 Å². The fourth-order valence-corrected chi connectivity index (χ4v) is 1.93. The first kappa shape index (κ1) is 17.3. The minimum absolute atomic E-state index is 0.248. The molecule has 1 N–H and O–H groups in total. The second-order valence-electron chi connectivity index (χ2n) is 5.35. The number of rotatable bonds is 5. The van der Waals surface area contributed by atoms with Gasteiger partial charge in [0.2, 0.25) is 0 Å². The Bertz CT molecular complexity index is 742. The van der Waals surface area contributed by atoms with Gasteiger partial charge in [-0.05, 0) is 62.4 Å². The van der Waals surface area contributed by atoms with Crippen molar-refractivity contribution in [3.63, 3.8) is 0 Å². The van der Waals surface area contributed by atoms with Crippen LogP contribution in [-0.4, -0.2) is 19.0 Å². The molecule has 124 valence electrons. The number of carbonyl (C=O) groups is 2. The molecule has 0 aliphatic heterocycles. The molecule has 0 aliphatic rings. The maximum atomic E-state index is 12.2. The monoisotopic (exact) mass is 325 g/mol. The number of hydrogen-bond acceptors (Lipinski definition) is 4. The molecule has 0 fully saturated rings. The molecule has 2 rings (SSSR count). The van der Waals surface area contributed by atoms with Gasteiger partial charge in [-0.3, -0.25) is 4.79 Å². The summed E-state index contributed by atoms with van der Waals surface area (Å²) in [5, 5.41) is 2.78. The van der Waals surface area contributed by atoms with Crippen LogP contribution in [0.3, 0.4) is 0 Å². The summed E-state index contributed by atoms with van der Waals surface area (Å²) in [7, 11) is 1.58. The lowest BCUT2D eigenvalue weighted by Gasteiger charge is -2.07. The molecule has 0 atom stereocenters. The minimum atomic E-state index is -0.439. The first-order chi connectivity index (χ1) is 11.5. The van der Waals surface area contributed by atoms with Crippen molar-refractivity contribution in [2.24, 2.45) is 0 Å². The molecule has 0 aromatic heterocycles. The minimum Gasteiger partial charge on any atom is -0.497 e. The van der Waals surface area contributed by atoms with Crippen LogP contribution in [0.5, 0.6) is 11.5 Å². The highest BCUT2D eigenvalue weighted by Gasteiger charge is 2.07. The molecular formula is C19H19NO4. The van der Waals surface area contributed by atoms with E-state index in [2.05, 4.69) is 5.32 Å². The average Bonchev–Trinajstić information content (AvgIpc) is 2.55. The van der Waals surface area contributed by atoms with Crippen molar-refractivity contribution >= 4 is 17.6 Å². The Hall–Kier alpha value is -3.08. The number of allylic oxidation sites excluding steroid dienone is 1. The van der Waals surface area contributed by atoms with Crippen LogP contribution < -0.4 is 14.8 Å². The van der Waals surface area contributed by atoms with Crippen LogP contribution in [0.4, 0.5) is 5.69 Å². The van der Waals surface area contributed by atoms with E-state index in [0.717, 1.165) is 11.3 Å². The zero-order chi connectivity index (χ0) is 17.5. The maximum absolute atomic E-state index is 12.2. The van der Waals surface area contributed by atoms with Gasteiger partial charge in [0.05, 0.1) is 7.11 Å². The Morgan fingerprint density at radius 1 is 0.917 bits per heavy atom. The molecule has 5 nitrogen and oxygen atoms in total. The van der Waals surface area contributed by atoms with Gasteiger partial charge in [0.15, 0.2) is 0 Å². The molecular weight excluding hydrogens is 306 g/mol. The van der Waals surface area contributed by atoms with E-state index in [1.807, 2.05) is 13.8 Å². The number of methoxy groups -OCH3 is 1. The molecule has 0 heterocycles. The summed E-state index contributed by atoms with van der Waals surface area (Å²) in [6, 6.07) is 13.4. The summed E-state index contributed by atoms with van der Waals surface area (Å²) >= 11 is 0. The predicted molar refractivity (Wildman–Crippen MR) is 92.5 cm³/mol. The van der Waals surface area contributed by atoms with Crippen molar-refractivity contribution < 1.29 is 19.1 Å². The van der Waals surface area contributed by atoms with Gasteiger partial charge < -0.3 is 14.8 Å². The second kappa shape index (κ2) is 7.97. The van der Waals surface area contributed by atoms with Crippen LogP contribution in [0, 0.1) is 0 Å². The number of carbonyl (C=O) groups excluding carboxylic acids is 2. The third-order valence-corrected chi connectivity index (χ3v) is 3.09. The molecule has 5 heteroatoms. The molecule has 2 aromatic carbocycles. The van der Waals surface area contributed by atoms with E-state index in [9.17, 15) is 9.59 Å². The molecule has 0 aliphatic carbocycles. The molecule has 0 spiro atoms. The quantitative estimate of drug-likeness (QED) is 0.516. The first-order valence-corrected chi connectivity index (χ1v) is 7.40. The summed E-state index contributed by atoms with van der Waals surface area (Å²) in [5.41, 5.74) is 1.99. The van der Waals surface area contributed by atoms with Crippen molar-refractivity contribution in [2.45, 2.75) is 13.8 Å². The highest BCUT2D eigenvalue weighted by Crippen LogP contribution is 2.17. The molecule has 2 aromatic rings. The third kappa shape index (κ3) is 4.98. The molecule has 1 amide bonds. The molecule has 0 saturated carbocycles. The largest absolute Gasteiger partial charge is 0.497 e. The van der Waals surface area contributed by atoms with E-state index < -0.39 is 5.97 Å². The Morgan fingerprint density at radius 2 is 1.50 bits per heavy atom. The molecule has 0 saturated heterocycles. The van der Waals surface area contributed by atoms with Crippen LogP contribution in [0.1, 0.15) is 24.2 Å². The van der Waals surface area contributed by atoms with Gasteiger partial charge in [0, 0.05) is 17.3 Å².